The van der Waals surface area contributed by atoms with Crippen LogP contribution in [0.5, 0.6) is 0 Å². The molecular formula is C19H16F2IN3. The maximum atomic E-state index is 13.9. The van der Waals surface area contributed by atoms with E-state index < -0.39 is 11.6 Å². The van der Waals surface area contributed by atoms with E-state index in [0.717, 1.165) is 31.1 Å². The molecule has 4 aromatic rings. The molecule has 2 aromatic heterocycles. The average molecular weight is 451 g/mol. The lowest BCUT2D eigenvalue weighted by molar-refractivity contribution is 0.508. The van der Waals surface area contributed by atoms with E-state index in [1.165, 1.54) is 12.1 Å². The fourth-order valence-corrected chi connectivity index (χ4v) is 4.62. The second-order valence-electron chi connectivity index (χ2n) is 6.48. The van der Waals surface area contributed by atoms with E-state index in [9.17, 15) is 8.78 Å². The number of benzene rings is 2. The molecule has 0 unspecified atom stereocenters. The summed E-state index contributed by atoms with van der Waals surface area (Å²) in [6.45, 7) is 4.21. The Labute approximate surface area is 157 Å². The quantitative estimate of drug-likeness (QED) is 0.368. The van der Waals surface area contributed by atoms with Gasteiger partial charge in [0.15, 0.2) is 11.6 Å². The van der Waals surface area contributed by atoms with E-state index in [2.05, 4.69) is 53.7 Å². The first-order valence-electron chi connectivity index (χ1n) is 7.99. The summed E-state index contributed by atoms with van der Waals surface area (Å²) in [7, 11) is 1.91. The molecule has 4 rings (SSSR count). The van der Waals surface area contributed by atoms with E-state index in [0.29, 0.717) is 5.69 Å². The van der Waals surface area contributed by atoms with Crippen molar-refractivity contribution < 1.29 is 8.78 Å². The van der Waals surface area contributed by atoms with Crippen molar-refractivity contribution in [1.82, 2.24) is 14.3 Å². The van der Waals surface area contributed by atoms with Crippen LogP contribution >= 0.6 is 22.6 Å². The molecule has 0 bridgehead atoms. The van der Waals surface area contributed by atoms with Crippen LogP contribution in [0.15, 0.2) is 36.5 Å². The highest BCUT2D eigenvalue weighted by Crippen LogP contribution is 2.37. The Kier molecular flexibility index (Phi) is 3.82. The van der Waals surface area contributed by atoms with Gasteiger partial charge in [-0.1, -0.05) is 13.8 Å². The molecule has 25 heavy (non-hydrogen) atoms. The number of aromatic nitrogens is 3. The molecule has 0 amide bonds. The summed E-state index contributed by atoms with van der Waals surface area (Å²) in [6, 6.07) is 8.22. The Morgan fingerprint density at radius 3 is 2.48 bits per heavy atom. The minimum Gasteiger partial charge on any atom is -0.312 e. The third-order valence-electron chi connectivity index (χ3n) is 4.52. The monoisotopic (exact) mass is 451 g/mol. The molecule has 0 aliphatic rings. The summed E-state index contributed by atoms with van der Waals surface area (Å²) in [5.74, 6) is -1.45. The predicted octanol–water partition coefficient (Wildman–Crippen LogP) is 5.52. The first-order chi connectivity index (χ1) is 11.9. The van der Waals surface area contributed by atoms with Crippen molar-refractivity contribution in [1.29, 1.82) is 0 Å². The first-order valence-corrected chi connectivity index (χ1v) is 9.07. The topological polar surface area (TPSA) is 22.8 Å². The molecule has 0 atom stereocenters. The van der Waals surface area contributed by atoms with Crippen LogP contribution in [0.4, 0.5) is 8.78 Å². The van der Waals surface area contributed by atoms with Crippen molar-refractivity contribution in [2.75, 3.05) is 0 Å². The minimum absolute atomic E-state index is 0.230. The lowest BCUT2D eigenvalue weighted by Gasteiger charge is -2.14. The zero-order chi connectivity index (χ0) is 17.9. The number of hydrogen-bond donors (Lipinski definition) is 0. The molecule has 0 radical (unpaired) electrons. The second kappa shape index (κ2) is 5.79. The molecule has 0 N–H and O–H groups in total. The molecule has 0 saturated carbocycles. The van der Waals surface area contributed by atoms with E-state index in [4.69, 9.17) is 0 Å². The van der Waals surface area contributed by atoms with E-state index in [1.54, 1.807) is 6.07 Å². The third-order valence-corrected chi connectivity index (χ3v) is 5.65. The van der Waals surface area contributed by atoms with Crippen molar-refractivity contribution in [3.05, 3.63) is 57.4 Å². The van der Waals surface area contributed by atoms with Crippen molar-refractivity contribution in [2.45, 2.75) is 19.8 Å². The van der Waals surface area contributed by atoms with Crippen LogP contribution in [0.2, 0.25) is 0 Å². The van der Waals surface area contributed by atoms with Gasteiger partial charge < -0.3 is 4.57 Å². The highest BCUT2D eigenvalue weighted by atomic mass is 127. The Hall–Kier alpha value is -1.96. The lowest BCUT2D eigenvalue weighted by atomic mass is 10.1. The van der Waals surface area contributed by atoms with Crippen LogP contribution in [0.3, 0.4) is 0 Å². The van der Waals surface area contributed by atoms with Gasteiger partial charge in [0.2, 0.25) is 0 Å². The minimum atomic E-state index is -0.841. The van der Waals surface area contributed by atoms with E-state index in [-0.39, 0.29) is 5.92 Å². The smallest absolute Gasteiger partial charge is 0.160 e. The summed E-state index contributed by atoms with van der Waals surface area (Å²) < 4.78 is 32.3. The maximum absolute atomic E-state index is 13.9. The van der Waals surface area contributed by atoms with Gasteiger partial charge in [0.25, 0.3) is 0 Å². The molecule has 0 saturated heterocycles. The van der Waals surface area contributed by atoms with Crippen LogP contribution in [0, 0.1) is 15.2 Å². The number of halogens is 3. The van der Waals surface area contributed by atoms with Gasteiger partial charge in [-0.3, -0.25) is 4.68 Å². The van der Waals surface area contributed by atoms with Gasteiger partial charge in [-0.05, 0) is 52.8 Å². The fourth-order valence-electron chi connectivity index (χ4n) is 3.33. The zero-order valence-corrected chi connectivity index (χ0v) is 16.2. The molecule has 0 spiro atoms. The van der Waals surface area contributed by atoms with Gasteiger partial charge >= 0.3 is 0 Å². The fraction of sp³-hybridized carbons (Fsp3) is 0.211. The van der Waals surface area contributed by atoms with Gasteiger partial charge in [-0.2, -0.15) is 5.10 Å². The molecule has 128 valence electrons. The van der Waals surface area contributed by atoms with Gasteiger partial charge in [-0.25, -0.2) is 8.78 Å². The Bertz CT molecular complexity index is 1130. The van der Waals surface area contributed by atoms with Crippen molar-refractivity contribution in [3.63, 3.8) is 0 Å². The van der Waals surface area contributed by atoms with Crippen LogP contribution in [-0.4, -0.2) is 14.3 Å². The van der Waals surface area contributed by atoms with Gasteiger partial charge in [-0.15, -0.1) is 0 Å². The van der Waals surface area contributed by atoms with Crippen LogP contribution in [0.25, 0.3) is 27.5 Å². The number of nitrogens with zero attached hydrogens (tertiary/aromatic N) is 3. The lowest BCUT2D eigenvalue weighted by Crippen LogP contribution is -2.04. The number of aryl methyl sites for hydroxylation is 1. The molecule has 0 fully saturated rings. The largest absolute Gasteiger partial charge is 0.312 e. The predicted molar refractivity (Wildman–Crippen MR) is 104 cm³/mol. The number of rotatable bonds is 2. The maximum Gasteiger partial charge on any atom is 0.160 e. The molecular weight excluding hydrogens is 435 g/mol. The average Bonchev–Trinajstić information content (AvgIpc) is 3.07. The summed E-state index contributed by atoms with van der Waals surface area (Å²) >= 11 is 2.34. The summed E-state index contributed by atoms with van der Waals surface area (Å²) in [5, 5.41) is 6.41. The normalized spacial score (nSPS) is 12.0. The second-order valence-corrected chi connectivity index (χ2v) is 7.56. The molecule has 2 heterocycles. The molecule has 0 aliphatic carbocycles. The van der Waals surface area contributed by atoms with Crippen molar-refractivity contribution in [2.24, 2.45) is 7.05 Å². The van der Waals surface area contributed by atoms with Crippen molar-refractivity contribution in [3.8, 4) is 5.69 Å². The van der Waals surface area contributed by atoms with Gasteiger partial charge in [0.05, 0.1) is 17.2 Å². The molecule has 2 aromatic carbocycles. The Morgan fingerprint density at radius 2 is 1.80 bits per heavy atom. The van der Waals surface area contributed by atoms with E-state index >= 15 is 0 Å². The standard InChI is InChI=1S/C19H16F2IN3/c1-10(2)19-18(22)13-8-16-11(9-23-24(16)3)6-17(13)25(19)12-4-5-14(20)15(21)7-12/h4-10H,1-3H3. The Morgan fingerprint density at radius 1 is 1.04 bits per heavy atom. The van der Waals surface area contributed by atoms with Crippen LogP contribution in [-0.2, 0) is 7.05 Å². The third kappa shape index (κ3) is 2.46. The SMILES string of the molecule is CC(C)c1c(I)c2cc3c(cnn3C)cc2n1-c1ccc(F)c(F)c1. The Balaban J connectivity index is 2.14. The zero-order valence-electron chi connectivity index (χ0n) is 14.0. The summed E-state index contributed by atoms with van der Waals surface area (Å²) in [6.07, 6.45) is 1.82. The first kappa shape index (κ1) is 16.5. The van der Waals surface area contributed by atoms with Gasteiger partial charge in [0, 0.05) is 38.8 Å². The van der Waals surface area contributed by atoms with E-state index in [1.807, 2.05) is 22.5 Å². The van der Waals surface area contributed by atoms with Crippen LogP contribution in [0.1, 0.15) is 25.5 Å². The summed E-state index contributed by atoms with van der Waals surface area (Å²) in [4.78, 5) is 0. The van der Waals surface area contributed by atoms with Crippen LogP contribution < -0.4 is 0 Å². The van der Waals surface area contributed by atoms with Gasteiger partial charge in [0.1, 0.15) is 0 Å². The highest BCUT2D eigenvalue weighted by Gasteiger charge is 2.21. The number of hydrogen-bond acceptors (Lipinski definition) is 1. The molecule has 3 nitrogen and oxygen atoms in total. The molecule has 6 heteroatoms. The van der Waals surface area contributed by atoms with Crippen molar-refractivity contribution >= 4 is 44.4 Å². The highest BCUT2D eigenvalue weighted by molar-refractivity contribution is 14.1. The summed E-state index contributed by atoms with van der Waals surface area (Å²) in [5.41, 5.74) is 3.73. The molecule has 0 aliphatic heterocycles. The number of fused-ring (bicyclic) bond motifs is 2.